The number of nitrogens with zero attached hydrogens (tertiary/aromatic N) is 2. The van der Waals surface area contributed by atoms with Crippen molar-refractivity contribution in [3.8, 4) is 0 Å². The first kappa shape index (κ1) is 12.7. The Morgan fingerprint density at radius 1 is 1.32 bits per heavy atom. The van der Waals surface area contributed by atoms with E-state index in [0.717, 1.165) is 19.6 Å². The molecular weight excluding hydrogens is 234 g/mol. The van der Waals surface area contributed by atoms with Crippen LogP contribution in [-0.4, -0.2) is 28.6 Å². The standard InChI is InChI=1S/C16H23N3/c1-12-7-13(8-17)9-19(12)11-14-10-18(2)16-6-4-3-5-15(14)16/h3-6,10,12-13H,7-9,11,17H2,1-2H3. The summed E-state index contributed by atoms with van der Waals surface area (Å²) in [6.07, 6.45) is 3.51. The molecular formula is C16H23N3. The molecule has 0 amide bonds. The molecule has 1 aliphatic rings. The number of nitrogens with two attached hydrogens (primary N) is 1. The summed E-state index contributed by atoms with van der Waals surface area (Å²) in [5.41, 5.74) is 8.57. The van der Waals surface area contributed by atoms with Crippen molar-refractivity contribution in [3.05, 3.63) is 36.0 Å². The SMILES string of the molecule is CC1CC(CN)CN1Cc1cn(C)c2ccccc12. The van der Waals surface area contributed by atoms with Crippen molar-refractivity contribution in [2.24, 2.45) is 18.7 Å². The first-order valence-corrected chi connectivity index (χ1v) is 7.16. The van der Waals surface area contributed by atoms with Gasteiger partial charge >= 0.3 is 0 Å². The van der Waals surface area contributed by atoms with Gasteiger partial charge in [0.05, 0.1) is 0 Å². The number of para-hydroxylation sites is 1. The van der Waals surface area contributed by atoms with Crippen LogP contribution in [0.5, 0.6) is 0 Å². The van der Waals surface area contributed by atoms with Crippen molar-refractivity contribution in [2.75, 3.05) is 13.1 Å². The van der Waals surface area contributed by atoms with Gasteiger partial charge in [-0.1, -0.05) is 18.2 Å². The number of likely N-dealkylation sites (tertiary alicyclic amines) is 1. The minimum Gasteiger partial charge on any atom is -0.350 e. The zero-order valence-corrected chi connectivity index (χ0v) is 11.8. The van der Waals surface area contributed by atoms with E-state index in [1.165, 1.54) is 22.9 Å². The third-order valence-corrected chi connectivity index (χ3v) is 4.48. The van der Waals surface area contributed by atoms with E-state index >= 15 is 0 Å². The highest BCUT2D eigenvalue weighted by atomic mass is 15.2. The van der Waals surface area contributed by atoms with Crippen LogP contribution in [0.25, 0.3) is 10.9 Å². The highest BCUT2D eigenvalue weighted by Gasteiger charge is 2.28. The normalized spacial score (nSPS) is 24.4. The van der Waals surface area contributed by atoms with E-state index in [0.29, 0.717) is 12.0 Å². The molecule has 2 N–H and O–H groups in total. The summed E-state index contributed by atoms with van der Waals surface area (Å²) in [4.78, 5) is 2.57. The second-order valence-electron chi connectivity index (χ2n) is 5.90. The second kappa shape index (κ2) is 4.99. The molecule has 2 atom stereocenters. The van der Waals surface area contributed by atoms with Crippen molar-refractivity contribution >= 4 is 10.9 Å². The maximum atomic E-state index is 5.82. The lowest BCUT2D eigenvalue weighted by atomic mass is 10.1. The molecule has 3 rings (SSSR count). The molecule has 0 aliphatic carbocycles. The van der Waals surface area contributed by atoms with Gasteiger partial charge in [-0.15, -0.1) is 0 Å². The van der Waals surface area contributed by atoms with Crippen LogP contribution in [0, 0.1) is 5.92 Å². The van der Waals surface area contributed by atoms with Crippen LogP contribution < -0.4 is 5.73 Å². The monoisotopic (exact) mass is 257 g/mol. The Balaban J connectivity index is 1.86. The van der Waals surface area contributed by atoms with Crippen LogP contribution in [0.3, 0.4) is 0 Å². The molecule has 19 heavy (non-hydrogen) atoms. The van der Waals surface area contributed by atoms with Crippen LogP contribution in [-0.2, 0) is 13.6 Å². The van der Waals surface area contributed by atoms with Gasteiger partial charge in [-0.2, -0.15) is 0 Å². The van der Waals surface area contributed by atoms with Gasteiger partial charge in [0.15, 0.2) is 0 Å². The number of fused-ring (bicyclic) bond motifs is 1. The molecule has 1 aromatic carbocycles. The molecule has 0 spiro atoms. The van der Waals surface area contributed by atoms with Gasteiger partial charge in [-0.3, -0.25) is 4.90 Å². The van der Waals surface area contributed by atoms with E-state index in [1.807, 2.05) is 0 Å². The fourth-order valence-corrected chi connectivity index (χ4v) is 3.38. The maximum absolute atomic E-state index is 5.82. The van der Waals surface area contributed by atoms with E-state index in [-0.39, 0.29) is 0 Å². The van der Waals surface area contributed by atoms with E-state index in [2.05, 4.69) is 53.9 Å². The quantitative estimate of drug-likeness (QED) is 0.916. The average Bonchev–Trinajstić information content (AvgIpc) is 2.93. The lowest BCUT2D eigenvalue weighted by Crippen LogP contribution is -2.27. The Morgan fingerprint density at radius 3 is 2.84 bits per heavy atom. The van der Waals surface area contributed by atoms with Gasteiger partial charge in [-0.05, 0) is 37.4 Å². The van der Waals surface area contributed by atoms with Crippen molar-refractivity contribution < 1.29 is 0 Å². The summed E-state index contributed by atoms with van der Waals surface area (Å²) in [6, 6.07) is 9.30. The van der Waals surface area contributed by atoms with Crippen molar-refractivity contribution in [2.45, 2.75) is 25.9 Å². The maximum Gasteiger partial charge on any atom is 0.0481 e. The summed E-state index contributed by atoms with van der Waals surface area (Å²) in [6.45, 7) is 5.32. The smallest absolute Gasteiger partial charge is 0.0481 e. The zero-order chi connectivity index (χ0) is 13.4. The molecule has 0 radical (unpaired) electrons. The molecule has 1 aromatic heterocycles. The third kappa shape index (κ3) is 2.28. The molecule has 1 aliphatic heterocycles. The van der Waals surface area contributed by atoms with Gasteiger partial charge in [0.25, 0.3) is 0 Å². The lowest BCUT2D eigenvalue weighted by molar-refractivity contribution is 0.256. The van der Waals surface area contributed by atoms with Gasteiger partial charge in [-0.25, -0.2) is 0 Å². The Hall–Kier alpha value is -1.32. The fraction of sp³-hybridized carbons (Fsp3) is 0.500. The molecule has 0 saturated carbocycles. The number of rotatable bonds is 3. The number of aromatic nitrogens is 1. The van der Waals surface area contributed by atoms with Crippen LogP contribution in [0.1, 0.15) is 18.9 Å². The molecule has 1 saturated heterocycles. The van der Waals surface area contributed by atoms with Crippen LogP contribution in [0.4, 0.5) is 0 Å². The molecule has 2 aromatic rings. The average molecular weight is 257 g/mol. The predicted molar refractivity (Wildman–Crippen MR) is 80.0 cm³/mol. The van der Waals surface area contributed by atoms with Crippen LogP contribution in [0.15, 0.2) is 30.5 Å². The largest absolute Gasteiger partial charge is 0.350 e. The minimum absolute atomic E-state index is 0.646. The minimum atomic E-state index is 0.646. The summed E-state index contributed by atoms with van der Waals surface area (Å²) in [5, 5.41) is 1.38. The molecule has 3 heteroatoms. The highest BCUT2D eigenvalue weighted by molar-refractivity contribution is 5.83. The van der Waals surface area contributed by atoms with Crippen molar-refractivity contribution in [3.63, 3.8) is 0 Å². The summed E-state index contributed by atoms with van der Waals surface area (Å²) >= 11 is 0. The van der Waals surface area contributed by atoms with Crippen molar-refractivity contribution in [1.29, 1.82) is 0 Å². The zero-order valence-electron chi connectivity index (χ0n) is 11.8. The topological polar surface area (TPSA) is 34.2 Å². The van der Waals surface area contributed by atoms with E-state index in [9.17, 15) is 0 Å². The lowest BCUT2D eigenvalue weighted by Gasteiger charge is -2.20. The fourth-order valence-electron chi connectivity index (χ4n) is 3.38. The van der Waals surface area contributed by atoms with Gasteiger partial charge < -0.3 is 10.3 Å². The molecule has 0 bridgehead atoms. The molecule has 2 heterocycles. The number of hydrogen-bond acceptors (Lipinski definition) is 2. The van der Waals surface area contributed by atoms with Crippen LogP contribution >= 0.6 is 0 Å². The number of hydrogen-bond donors (Lipinski definition) is 1. The first-order chi connectivity index (χ1) is 9.19. The molecule has 3 nitrogen and oxygen atoms in total. The Morgan fingerprint density at radius 2 is 2.11 bits per heavy atom. The predicted octanol–water partition coefficient (Wildman–Crippen LogP) is 2.35. The molecule has 1 fully saturated rings. The van der Waals surface area contributed by atoms with Gasteiger partial charge in [0.1, 0.15) is 0 Å². The molecule has 2 unspecified atom stereocenters. The van der Waals surface area contributed by atoms with Gasteiger partial charge in [0, 0.05) is 43.3 Å². The van der Waals surface area contributed by atoms with E-state index in [4.69, 9.17) is 5.73 Å². The summed E-state index contributed by atoms with van der Waals surface area (Å²) in [7, 11) is 2.13. The van der Waals surface area contributed by atoms with Crippen molar-refractivity contribution in [1.82, 2.24) is 9.47 Å². The highest BCUT2D eigenvalue weighted by Crippen LogP contribution is 2.27. The molecule has 102 valence electrons. The summed E-state index contributed by atoms with van der Waals surface area (Å²) in [5.74, 6) is 0.671. The Labute approximate surface area is 115 Å². The Bertz CT molecular complexity index is 572. The van der Waals surface area contributed by atoms with Crippen LogP contribution in [0.2, 0.25) is 0 Å². The van der Waals surface area contributed by atoms with Gasteiger partial charge in [0.2, 0.25) is 0 Å². The number of benzene rings is 1. The Kier molecular flexibility index (Phi) is 3.33. The van der Waals surface area contributed by atoms with E-state index < -0.39 is 0 Å². The second-order valence-corrected chi connectivity index (χ2v) is 5.90. The number of aryl methyl sites for hydroxylation is 1. The first-order valence-electron chi connectivity index (χ1n) is 7.16. The third-order valence-electron chi connectivity index (χ3n) is 4.48. The summed E-state index contributed by atoms with van der Waals surface area (Å²) < 4.78 is 2.23. The van der Waals surface area contributed by atoms with E-state index in [1.54, 1.807) is 0 Å².